The number of nitrogens with zero attached hydrogens (tertiary/aromatic N) is 4. The van der Waals surface area contributed by atoms with E-state index in [1.165, 1.54) is 11.3 Å². The number of hydrogen-bond acceptors (Lipinski definition) is 7. The molecule has 5 rings (SSSR count). The van der Waals surface area contributed by atoms with Crippen molar-refractivity contribution in [3.63, 3.8) is 0 Å². The second kappa shape index (κ2) is 10.5. The van der Waals surface area contributed by atoms with Gasteiger partial charge in [-0.05, 0) is 64.2 Å². The Kier molecular flexibility index (Phi) is 7.14. The van der Waals surface area contributed by atoms with Gasteiger partial charge in [0.1, 0.15) is 11.5 Å². The zero-order valence-corrected chi connectivity index (χ0v) is 22.0. The number of likely N-dealkylation sites (N-methyl/N-ethyl adjacent to an activating group) is 1. The minimum Gasteiger partial charge on any atom is -0.456 e. The van der Waals surface area contributed by atoms with Crippen LogP contribution in [0, 0.1) is 6.92 Å². The van der Waals surface area contributed by atoms with E-state index < -0.39 is 0 Å². The Labute approximate surface area is 219 Å². The summed E-state index contributed by atoms with van der Waals surface area (Å²) in [4.78, 5) is 35.0. The SMILES string of the molecule is Cc1cc2cc(Oc3ccnc4cc(C(=O)N5CC[C@@H](N(C)C)C5)sc34)ccc2n1C(=O)NCCCO. The number of aliphatic hydroxyl groups excluding tert-OH is 1. The van der Waals surface area contributed by atoms with E-state index in [0.717, 1.165) is 46.3 Å². The normalized spacial score (nSPS) is 15.7. The number of ether oxygens (including phenoxy) is 1. The summed E-state index contributed by atoms with van der Waals surface area (Å²) in [5.74, 6) is 1.31. The quantitative estimate of drug-likeness (QED) is 0.356. The highest BCUT2D eigenvalue weighted by molar-refractivity contribution is 7.21. The smallest absolute Gasteiger partial charge is 0.326 e. The van der Waals surface area contributed by atoms with Crippen molar-refractivity contribution in [1.29, 1.82) is 0 Å². The molecule has 2 amide bonds. The van der Waals surface area contributed by atoms with Crippen molar-refractivity contribution in [1.82, 2.24) is 24.7 Å². The molecule has 1 fully saturated rings. The van der Waals surface area contributed by atoms with E-state index in [1.807, 2.05) is 56.3 Å². The minimum absolute atomic E-state index is 0.0315. The van der Waals surface area contributed by atoms with Crippen LogP contribution in [0.25, 0.3) is 21.1 Å². The highest BCUT2D eigenvalue weighted by atomic mass is 32.1. The summed E-state index contributed by atoms with van der Waals surface area (Å²) >= 11 is 1.40. The molecule has 37 heavy (non-hydrogen) atoms. The van der Waals surface area contributed by atoms with Crippen LogP contribution in [0.4, 0.5) is 4.79 Å². The van der Waals surface area contributed by atoms with Crippen molar-refractivity contribution >= 4 is 44.4 Å². The number of aromatic nitrogens is 2. The molecule has 1 atom stereocenters. The maximum Gasteiger partial charge on any atom is 0.326 e. The van der Waals surface area contributed by atoms with Crippen molar-refractivity contribution < 1.29 is 19.4 Å². The molecule has 0 unspecified atom stereocenters. The molecule has 0 radical (unpaired) electrons. The van der Waals surface area contributed by atoms with Gasteiger partial charge >= 0.3 is 6.03 Å². The zero-order valence-electron chi connectivity index (χ0n) is 21.2. The van der Waals surface area contributed by atoms with Crippen molar-refractivity contribution in [3.05, 3.63) is 53.2 Å². The number of rotatable bonds is 7. The van der Waals surface area contributed by atoms with Crippen LogP contribution in [0.3, 0.4) is 0 Å². The number of likely N-dealkylation sites (tertiary alicyclic amines) is 1. The van der Waals surface area contributed by atoms with Gasteiger partial charge in [-0.1, -0.05) is 0 Å². The van der Waals surface area contributed by atoms with Crippen molar-refractivity contribution in [2.24, 2.45) is 0 Å². The fourth-order valence-corrected chi connectivity index (χ4v) is 5.78. The van der Waals surface area contributed by atoms with Gasteiger partial charge < -0.3 is 25.0 Å². The standard InChI is InChI=1S/C27H31N5O4S/c1-17-13-18-14-20(5-6-22(18)32(17)27(35)29-9-4-12-33)36-23-7-10-28-21-15-24(37-25(21)23)26(34)31-11-8-19(16-31)30(2)3/h5-7,10,13-15,19,33H,4,8-9,11-12,16H2,1-3H3,(H,29,35)/t19-/m1/s1. The van der Waals surface area contributed by atoms with E-state index in [2.05, 4.69) is 15.2 Å². The van der Waals surface area contributed by atoms with Crippen molar-refractivity contribution in [2.75, 3.05) is 40.3 Å². The lowest BCUT2D eigenvalue weighted by Gasteiger charge is -2.19. The van der Waals surface area contributed by atoms with Gasteiger partial charge in [0.25, 0.3) is 5.91 Å². The van der Waals surface area contributed by atoms with Crippen LogP contribution >= 0.6 is 11.3 Å². The molecule has 0 bridgehead atoms. The third-order valence-electron chi connectivity index (χ3n) is 6.77. The summed E-state index contributed by atoms with van der Waals surface area (Å²) in [6.45, 7) is 3.81. The van der Waals surface area contributed by atoms with Gasteiger partial charge in [0.2, 0.25) is 0 Å². The molecule has 0 spiro atoms. The first-order valence-electron chi connectivity index (χ1n) is 12.4. The highest BCUT2D eigenvalue weighted by Crippen LogP contribution is 2.36. The van der Waals surface area contributed by atoms with Crippen LogP contribution in [0.5, 0.6) is 11.5 Å². The van der Waals surface area contributed by atoms with E-state index in [1.54, 1.807) is 16.8 Å². The molecule has 4 heterocycles. The van der Waals surface area contributed by atoms with Crippen LogP contribution in [-0.4, -0.2) is 82.8 Å². The molecular formula is C27H31N5O4S. The van der Waals surface area contributed by atoms with Gasteiger partial charge in [0.15, 0.2) is 0 Å². The molecule has 0 saturated carbocycles. The maximum atomic E-state index is 13.2. The van der Waals surface area contributed by atoms with E-state index in [9.17, 15) is 9.59 Å². The molecule has 1 saturated heterocycles. The predicted octanol–water partition coefficient (Wildman–Crippen LogP) is 4.07. The Morgan fingerprint density at radius 3 is 2.84 bits per heavy atom. The number of carbonyl (C=O) groups excluding carboxylic acids is 2. The molecule has 2 N–H and O–H groups in total. The van der Waals surface area contributed by atoms with Crippen molar-refractivity contribution in [2.45, 2.75) is 25.8 Å². The number of benzene rings is 1. The number of hydrogen-bond donors (Lipinski definition) is 2. The first-order chi connectivity index (χ1) is 17.9. The van der Waals surface area contributed by atoms with Gasteiger partial charge in [0, 0.05) is 55.6 Å². The molecule has 1 aliphatic heterocycles. The van der Waals surface area contributed by atoms with Crippen LogP contribution in [0.15, 0.2) is 42.6 Å². The van der Waals surface area contributed by atoms with Crippen LogP contribution in [0.1, 0.15) is 28.2 Å². The number of thiophene rings is 1. The first-order valence-corrected chi connectivity index (χ1v) is 13.2. The summed E-state index contributed by atoms with van der Waals surface area (Å²) in [7, 11) is 4.10. The van der Waals surface area contributed by atoms with Gasteiger partial charge in [0.05, 0.1) is 20.6 Å². The van der Waals surface area contributed by atoms with Crippen LogP contribution < -0.4 is 10.1 Å². The summed E-state index contributed by atoms with van der Waals surface area (Å²) in [5.41, 5.74) is 2.31. The number of nitrogens with one attached hydrogen (secondary N) is 1. The second-order valence-electron chi connectivity index (χ2n) is 9.54. The second-order valence-corrected chi connectivity index (χ2v) is 10.6. The summed E-state index contributed by atoms with van der Waals surface area (Å²) < 4.78 is 8.70. The summed E-state index contributed by atoms with van der Waals surface area (Å²) in [5, 5.41) is 12.7. The van der Waals surface area contributed by atoms with Gasteiger partial charge in [-0.15, -0.1) is 11.3 Å². The van der Waals surface area contributed by atoms with Crippen molar-refractivity contribution in [3.8, 4) is 11.5 Å². The number of amides is 2. The topological polar surface area (TPSA) is 99.9 Å². The summed E-state index contributed by atoms with van der Waals surface area (Å²) in [6.07, 6.45) is 3.17. The minimum atomic E-state index is -0.226. The third-order valence-corrected chi connectivity index (χ3v) is 7.89. The van der Waals surface area contributed by atoms with E-state index >= 15 is 0 Å². The Balaban J connectivity index is 1.37. The molecule has 3 aromatic heterocycles. The number of aliphatic hydroxyl groups is 1. The maximum absolute atomic E-state index is 13.2. The Hall–Kier alpha value is -3.47. The molecule has 194 valence electrons. The Morgan fingerprint density at radius 1 is 1.24 bits per heavy atom. The lowest BCUT2D eigenvalue weighted by molar-refractivity contribution is 0.0788. The number of pyridine rings is 1. The first kappa shape index (κ1) is 25.2. The van der Waals surface area contributed by atoms with Gasteiger partial charge in [-0.2, -0.15) is 0 Å². The lowest BCUT2D eigenvalue weighted by Crippen LogP contribution is -2.34. The van der Waals surface area contributed by atoms with Crippen LogP contribution in [0.2, 0.25) is 0 Å². The molecular weight excluding hydrogens is 490 g/mol. The zero-order chi connectivity index (χ0) is 26.1. The van der Waals surface area contributed by atoms with Crippen LogP contribution in [-0.2, 0) is 0 Å². The van der Waals surface area contributed by atoms with Gasteiger partial charge in [-0.25, -0.2) is 4.79 Å². The third kappa shape index (κ3) is 5.04. The summed E-state index contributed by atoms with van der Waals surface area (Å²) in [6, 6.07) is 11.3. The molecule has 10 heteroatoms. The number of aryl methyl sites for hydroxylation is 1. The molecule has 9 nitrogen and oxygen atoms in total. The van der Waals surface area contributed by atoms with Gasteiger partial charge in [-0.3, -0.25) is 14.3 Å². The average Bonchev–Trinajstić information content (AvgIpc) is 3.60. The Morgan fingerprint density at radius 2 is 2.08 bits per heavy atom. The van der Waals surface area contributed by atoms with E-state index in [0.29, 0.717) is 35.4 Å². The average molecular weight is 522 g/mol. The van der Waals surface area contributed by atoms with E-state index in [-0.39, 0.29) is 18.5 Å². The molecule has 1 aromatic carbocycles. The fraction of sp³-hybridized carbons (Fsp3) is 0.370. The number of fused-ring (bicyclic) bond motifs is 2. The Bertz CT molecular complexity index is 1460. The van der Waals surface area contributed by atoms with E-state index in [4.69, 9.17) is 9.84 Å². The largest absolute Gasteiger partial charge is 0.456 e. The molecule has 0 aliphatic carbocycles. The highest BCUT2D eigenvalue weighted by Gasteiger charge is 2.29. The fourth-order valence-electron chi connectivity index (χ4n) is 4.75. The lowest BCUT2D eigenvalue weighted by atomic mass is 10.2. The molecule has 1 aliphatic rings. The molecule has 4 aromatic rings. The predicted molar refractivity (Wildman–Crippen MR) is 145 cm³/mol. The monoisotopic (exact) mass is 521 g/mol. The number of carbonyl (C=O) groups is 2.